The van der Waals surface area contributed by atoms with E-state index in [4.69, 9.17) is 0 Å². The Hall–Kier alpha value is -1.61. The van der Waals surface area contributed by atoms with E-state index in [1.54, 1.807) is 0 Å². The van der Waals surface area contributed by atoms with Gasteiger partial charge in [-0.15, -0.1) is 0 Å². The lowest BCUT2D eigenvalue weighted by Gasteiger charge is -2.06. The highest BCUT2D eigenvalue weighted by Crippen LogP contribution is 2.09. The zero-order valence-corrected chi connectivity index (χ0v) is 11.4. The predicted octanol–water partition coefficient (Wildman–Crippen LogP) is 2.74. The maximum atomic E-state index is 4.57. The monoisotopic (exact) mass is 243 g/mol. The molecule has 0 aliphatic heterocycles. The molecule has 0 saturated heterocycles. The second-order valence-corrected chi connectivity index (χ2v) is 4.97. The number of nitrogens with zero attached hydrogens (tertiary/aromatic N) is 2. The average molecular weight is 243 g/mol. The number of nitrogens with one attached hydrogen (secondary N) is 1. The minimum absolute atomic E-state index is 0.492. The zero-order valence-electron chi connectivity index (χ0n) is 11.4. The molecule has 18 heavy (non-hydrogen) atoms. The predicted molar refractivity (Wildman–Crippen MR) is 74.5 cm³/mol. The Bertz CT molecular complexity index is 500. The van der Waals surface area contributed by atoms with Crippen LogP contribution in [0, 0.1) is 6.92 Å². The van der Waals surface area contributed by atoms with Gasteiger partial charge in [0.15, 0.2) is 0 Å². The van der Waals surface area contributed by atoms with Crippen LogP contribution in [0.3, 0.4) is 0 Å². The highest BCUT2D eigenvalue weighted by molar-refractivity contribution is 5.25. The maximum absolute atomic E-state index is 4.57. The lowest BCUT2D eigenvalue weighted by molar-refractivity contribution is 0.570. The quantitative estimate of drug-likeness (QED) is 0.875. The minimum Gasteiger partial charge on any atom is -0.309 e. The van der Waals surface area contributed by atoms with E-state index >= 15 is 0 Å². The third-order valence-corrected chi connectivity index (χ3v) is 2.98. The van der Waals surface area contributed by atoms with E-state index in [0.29, 0.717) is 6.04 Å². The maximum Gasteiger partial charge on any atom is 0.0762 e. The number of aromatic nitrogens is 2. The van der Waals surface area contributed by atoms with Crippen molar-refractivity contribution in [1.82, 2.24) is 15.1 Å². The molecule has 0 aliphatic rings. The minimum atomic E-state index is 0.492. The van der Waals surface area contributed by atoms with Gasteiger partial charge in [-0.1, -0.05) is 38.1 Å². The van der Waals surface area contributed by atoms with E-state index < -0.39 is 0 Å². The Morgan fingerprint density at radius 1 is 1.22 bits per heavy atom. The molecule has 0 aliphatic carbocycles. The summed E-state index contributed by atoms with van der Waals surface area (Å²) >= 11 is 0. The molecule has 1 N–H and O–H groups in total. The molecule has 3 heteroatoms. The third-order valence-electron chi connectivity index (χ3n) is 2.98. The van der Waals surface area contributed by atoms with E-state index in [-0.39, 0.29) is 0 Å². The highest BCUT2D eigenvalue weighted by atomic mass is 15.3. The van der Waals surface area contributed by atoms with Gasteiger partial charge in [-0.3, -0.25) is 4.68 Å². The van der Waals surface area contributed by atoms with Gasteiger partial charge in [0.2, 0.25) is 0 Å². The van der Waals surface area contributed by atoms with Crippen molar-refractivity contribution in [3.8, 4) is 0 Å². The fourth-order valence-corrected chi connectivity index (χ4v) is 1.86. The number of aryl methyl sites for hydroxylation is 1. The molecule has 0 atom stereocenters. The summed E-state index contributed by atoms with van der Waals surface area (Å²) < 4.78 is 2.00. The summed E-state index contributed by atoms with van der Waals surface area (Å²) in [6, 6.07) is 11.0. The molecule has 1 aromatic carbocycles. The van der Waals surface area contributed by atoms with Gasteiger partial charge in [-0.05, 0) is 24.1 Å². The van der Waals surface area contributed by atoms with Crippen LogP contribution in [0.1, 0.15) is 30.7 Å². The standard InChI is InChI=1S/C15H21N3/c1-12(2)16-10-15-8-9-18(17-15)11-14-7-5-4-6-13(14)3/h4-9,12,16H,10-11H2,1-3H3. The van der Waals surface area contributed by atoms with Gasteiger partial charge in [0.25, 0.3) is 0 Å². The largest absolute Gasteiger partial charge is 0.309 e. The van der Waals surface area contributed by atoms with Gasteiger partial charge in [-0.25, -0.2) is 0 Å². The fraction of sp³-hybridized carbons (Fsp3) is 0.400. The van der Waals surface area contributed by atoms with Crippen molar-refractivity contribution >= 4 is 0 Å². The highest BCUT2D eigenvalue weighted by Gasteiger charge is 2.02. The van der Waals surface area contributed by atoms with Gasteiger partial charge >= 0.3 is 0 Å². The summed E-state index contributed by atoms with van der Waals surface area (Å²) in [5, 5.41) is 7.95. The summed E-state index contributed by atoms with van der Waals surface area (Å²) in [7, 11) is 0. The second kappa shape index (κ2) is 5.83. The van der Waals surface area contributed by atoms with E-state index in [1.165, 1.54) is 11.1 Å². The lowest BCUT2D eigenvalue weighted by atomic mass is 10.1. The number of benzene rings is 1. The van der Waals surface area contributed by atoms with Crippen molar-refractivity contribution < 1.29 is 0 Å². The Balaban J connectivity index is 2.00. The molecule has 0 radical (unpaired) electrons. The van der Waals surface area contributed by atoms with Crippen LogP contribution >= 0.6 is 0 Å². The Morgan fingerprint density at radius 2 is 2.00 bits per heavy atom. The Morgan fingerprint density at radius 3 is 2.72 bits per heavy atom. The molecule has 1 aromatic heterocycles. The van der Waals surface area contributed by atoms with Crippen molar-refractivity contribution in [2.24, 2.45) is 0 Å². The van der Waals surface area contributed by atoms with Gasteiger partial charge in [0.05, 0.1) is 12.2 Å². The first kappa shape index (κ1) is 12.8. The van der Waals surface area contributed by atoms with Gasteiger partial charge in [-0.2, -0.15) is 5.10 Å². The molecule has 0 spiro atoms. The van der Waals surface area contributed by atoms with E-state index in [2.05, 4.69) is 61.5 Å². The van der Waals surface area contributed by atoms with Gasteiger partial charge in [0, 0.05) is 18.8 Å². The van der Waals surface area contributed by atoms with Crippen LogP contribution in [-0.2, 0) is 13.1 Å². The lowest BCUT2D eigenvalue weighted by Crippen LogP contribution is -2.22. The first-order chi connectivity index (χ1) is 8.65. The van der Waals surface area contributed by atoms with Crippen molar-refractivity contribution in [1.29, 1.82) is 0 Å². The SMILES string of the molecule is Cc1ccccc1Cn1ccc(CNC(C)C)n1. The van der Waals surface area contributed by atoms with Gasteiger partial charge < -0.3 is 5.32 Å². The number of hydrogen-bond acceptors (Lipinski definition) is 2. The molecule has 0 amide bonds. The summed E-state index contributed by atoms with van der Waals surface area (Å²) in [5.74, 6) is 0. The molecular formula is C15H21N3. The van der Waals surface area contributed by atoms with Crippen LogP contribution in [0.5, 0.6) is 0 Å². The fourth-order valence-electron chi connectivity index (χ4n) is 1.86. The van der Waals surface area contributed by atoms with Gasteiger partial charge in [0.1, 0.15) is 0 Å². The van der Waals surface area contributed by atoms with Crippen LogP contribution in [0.2, 0.25) is 0 Å². The molecular weight excluding hydrogens is 222 g/mol. The summed E-state index contributed by atoms with van der Waals surface area (Å²) in [6.45, 7) is 8.10. The van der Waals surface area contributed by atoms with Crippen molar-refractivity contribution in [2.45, 2.75) is 39.9 Å². The van der Waals surface area contributed by atoms with E-state index in [0.717, 1.165) is 18.8 Å². The number of rotatable bonds is 5. The molecule has 2 rings (SSSR count). The summed E-state index contributed by atoms with van der Waals surface area (Å²) in [5.41, 5.74) is 3.73. The molecule has 96 valence electrons. The zero-order chi connectivity index (χ0) is 13.0. The van der Waals surface area contributed by atoms with Crippen LogP contribution in [0.25, 0.3) is 0 Å². The second-order valence-electron chi connectivity index (χ2n) is 4.97. The molecule has 0 unspecified atom stereocenters. The van der Waals surface area contributed by atoms with E-state index in [9.17, 15) is 0 Å². The topological polar surface area (TPSA) is 29.9 Å². The normalized spacial score (nSPS) is 11.1. The molecule has 0 bridgehead atoms. The molecule has 3 nitrogen and oxygen atoms in total. The van der Waals surface area contributed by atoms with E-state index in [1.807, 2.05) is 10.9 Å². The van der Waals surface area contributed by atoms with Crippen molar-refractivity contribution in [2.75, 3.05) is 0 Å². The van der Waals surface area contributed by atoms with Crippen LogP contribution < -0.4 is 5.32 Å². The Labute approximate surface area is 109 Å². The summed E-state index contributed by atoms with van der Waals surface area (Å²) in [6.07, 6.45) is 2.05. The van der Waals surface area contributed by atoms with Crippen LogP contribution in [-0.4, -0.2) is 15.8 Å². The van der Waals surface area contributed by atoms with Crippen LogP contribution in [0.4, 0.5) is 0 Å². The number of hydrogen-bond donors (Lipinski definition) is 1. The van der Waals surface area contributed by atoms with Crippen molar-refractivity contribution in [3.63, 3.8) is 0 Å². The first-order valence-corrected chi connectivity index (χ1v) is 6.45. The molecule has 0 fully saturated rings. The molecule has 0 saturated carbocycles. The average Bonchev–Trinajstić information content (AvgIpc) is 2.77. The first-order valence-electron chi connectivity index (χ1n) is 6.45. The van der Waals surface area contributed by atoms with Crippen molar-refractivity contribution in [3.05, 3.63) is 53.3 Å². The smallest absolute Gasteiger partial charge is 0.0762 e. The summed E-state index contributed by atoms with van der Waals surface area (Å²) in [4.78, 5) is 0. The molecule has 1 heterocycles. The molecule has 2 aromatic rings. The third kappa shape index (κ3) is 3.44. The van der Waals surface area contributed by atoms with Crippen LogP contribution in [0.15, 0.2) is 36.5 Å². The Kier molecular flexibility index (Phi) is 4.15.